The zero-order chi connectivity index (χ0) is 21.0. The SMILES string of the molecule is C#CCn1c(=NC(=O)c2ccc(OC)c(OC)c2)sc2cc(OC)c(OC)cc21. The predicted molar refractivity (Wildman–Crippen MR) is 111 cm³/mol. The molecule has 2 aromatic carbocycles. The summed E-state index contributed by atoms with van der Waals surface area (Å²) in [4.78, 5) is 17.6. The van der Waals surface area contributed by atoms with Gasteiger partial charge in [-0.15, -0.1) is 6.42 Å². The number of benzene rings is 2. The molecule has 7 nitrogen and oxygen atoms in total. The highest BCUT2D eigenvalue weighted by Gasteiger charge is 2.14. The average molecular weight is 412 g/mol. The van der Waals surface area contributed by atoms with Gasteiger partial charge in [0.2, 0.25) is 0 Å². The van der Waals surface area contributed by atoms with Crippen LogP contribution in [0.3, 0.4) is 0 Å². The first-order valence-electron chi connectivity index (χ1n) is 8.56. The van der Waals surface area contributed by atoms with E-state index in [2.05, 4.69) is 10.9 Å². The summed E-state index contributed by atoms with van der Waals surface area (Å²) in [6.45, 7) is 0.257. The quantitative estimate of drug-likeness (QED) is 0.582. The Labute approximate surface area is 172 Å². The number of fused-ring (bicyclic) bond motifs is 1. The maximum Gasteiger partial charge on any atom is 0.279 e. The fourth-order valence-corrected chi connectivity index (χ4v) is 3.88. The Bertz CT molecular complexity index is 1170. The Kier molecular flexibility index (Phi) is 6.10. The molecular weight excluding hydrogens is 392 g/mol. The van der Waals surface area contributed by atoms with Gasteiger partial charge in [0.15, 0.2) is 27.8 Å². The lowest BCUT2D eigenvalue weighted by Gasteiger charge is -2.08. The zero-order valence-corrected chi connectivity index (χ0v) is 17.3. The van der Waals surface area contributed by atoms with E-state index in [1.54, 1.807) is 37.0 Å². The zero-order valence-electron chi connectivity index (χ0n) is 16.5. The minimum Gasteiger partial charge on any atom is -0.493 e. The van der Waals surface area contributed by atoms with Crippen LogP contribution in [0.25, 0.3) is 10.2 Å². The highest BCUT2D eigenvalue weighted by Crippen LogP contribution is 2.33. The maximum atomic E-state index is 12.8. The lowest BCUT2D eigenvalue weighted by atomic mass is 10.2. The molecule has 1 aromatic heterocycles. The van der Waals surface area contributed by atoms with Crippen molar-refractivity contribution in [3.05, 3.63) is 40.7 Å². The van der Waals surface area contributed by atoms with E-state index in [0.717, 1.165) is 10.2 Å². The number of terminal acetylenes is 1. The van der Waals surface area contributed by atoms with Crippen molar-refractivity contribution in [2.75, 3.05) is 28.4 Å². The van der Waals surface area contributed by atoms with E-state index in [1.807, 2.05) is 12.1 Å². The van der Waals surface area contributed by atoms with Crippen LogP contribution in [-0.2, 0) is 6.54 Å². The fourth-order valence-electron chi connectivity index (χ4n) is 2.85. The van der Waals surface area contributed by atoms with Gasteiger partial charge in [-0.05, 0) is 18.2 Å². The highest BCUT2D eigenvalue weighted by atomic mass is 32.1. The molecule has 8 heteroatoms. The van der Waals surface area contributed by atoms with E-state index in [-0.39, 0.29) is 6.54 Å². The number of methoxy groups -OCH3 is 4. The molecule has 150 valence electrons. The number of ether oxygens (including phenoxy) is 4. The van der Waals surface area contributed by atoms with Crippen molar-refractivity contribution >= 4 is 27.5 Å². The molecule has 29 heavy (non-hydrogen) atoms. The number of nitrogens with zero attached hydrogens (tertiary/aromatic N) is 2. The van der Waals surface area contributed by atoms with Gasteiger partial charge in [-0.1, -0.05) is 17.3 Å². The number of hydrogen-bond acceptors (Lipinski definition) is 6. The molecule has 1 amide bonds. The normalized spacial score (nSPS) is 11.2. The minimum absolute atomic E-state index is 0.257. The molecular formula is C21H20N2O5S. The highest BCUT2D eigenvalue weighted by molar-refractivity contribution is 7.16. The van der Waals surface area contributed by atoms with Crippen molar-refractivity contribution in [1.82, 2.24) is 4.57 Å². The van der Waals surface area contributed by atoms with Crippen LogP contribution in [0.2, 0.25) is 0 Å². The second-order valence-electron chi connectivity index (χ2n) is 5.84. The molecule has 0 bridgehead atoms. The molecule has 3 rings (SSSR count). The van der Waals surface area contributed by atoms with Gasteiger partial charge in [0.05, 0.1) is 45.2 Å². The van der Waals surface area contributed by atoms with Crippen LogP contribution in [-0.4, -0.2) is 38.9 Å². The van der Waals surface area contributed by atoms with E-state index in [0.29, 0.717) is 33.4 Å². The van der Waals surface area contributed by atoms with Crippen LogP contribution in [0.4, 0.5) is 0 Å². The predicted octanol–water partition coefficient (Wildman–Crippen LogP) is 3.11. The van der Waals surface area contributed by atoms with E-state index in [9.17, 15) is 4.79 Å². The molecule has 0 aliphatic carbocycles. The lowest BCUT2D eigenvalue weighted by Crippen LogP contribution is -2.16. The van der Waals surface area contributed by atoms with Gasteiger partial charge in [0.1, 0.15) is 0 Å². The molecule has 1 heterocycles. The van der Waals surface area contributed by atoms with Crippen molar-refractivity contribution in [1.29, 1.82) is 0 Å². The van der Waals surface area contributed by atoms with Gasteiger partial charge < -0.3 is 23.5 Å². The number of carbonyl (C=O) groups is 1. The van der Waals surface area contributed by atoms with Gasteiger partial charge in [0.25, 0.3) is 5.91 Å². The molecule has 3 aromatic rings. The van der Waals surface area contributed by atoms with Gasteiger partial charge in [-0.3, -0.25) is 4.79 Å². The summed E-state index contributed by atoms with van der Waals surface area (Å²) in [7, 11) is 6.18. The molecule has 0 aliphatic heterocycles. The molecule has 0 unspecified atom stereocenters. The average Bonchev–Trinajstić information content (AvgIpc) is 3.08. The third-order valence-corrected chi connectivity index (χ3v) is 5.31. The Morgan fingerprint density at radius 3 is 2.24 bits per heavy atom. The first-order valence-corrected chi connectivity index (χ1v) is 9.37. The number of thiazole rings is 1. The van der Waals surface area contributed by atoms with Crippen LogP contribution in [0, 0.1) is 12.3 Å². The standard InChI is InChI=1S/C21H20N2O5S/c1-6-9-23-14-11-17(27-4)18(28-5)12-19(14)29-21(23)22-20(24)13-7-8-15(25-2)16(10-13)26-3/h1,7-8,10-12H,9H2,2-5H3. The van der Waals surface area contributed by atoms with Crippen LogP contribution in [0.5, 0.6) is 23.0 Å². The Morgan fingerprint density at radius 2 is 1.62 bits per heavy atom. The smallest absolute Gasteiger partial charge is 0.279 e. The summed E-state index contributed by atoms with van der Waals surface area (Å²) in [6.07, 6.45) is 5.54. The van der Waals surface area contributed by atoms with Gasteiger partial charge in [-0.2, -0.15) is 4.99 Å². The van der Waals surface area contributed by atoms with Crippen molar-refractivity contribution < 1.29 is 23.7 Å². The number of carbonyl (C=O) groups excluding carboxylic acids is 1. The summed E-state index contributed by atoms with van der Waals surface area (Å²) < 4.78 is 23.9. The number of rotatable bonds is 6. The van der Waals surface area contributed by atoms with Crippen LogP contribution >= 0.6 is 11.3 Å². The second-order valence-corrected chi connectivity index (χ2v) is 6.85. The Balaban J connectivity index is 2.15. The first kappa shape index (κ1) is 20.3. The third-order valence-electron chi connectivity index (χ3n) is 4.27. The molecule has 0 spiro atoms. The summed E-state index contributed by atoms with van der Waals surface area (Å²) >= 11 is 1.34. The summed E-state index contributed by atoms with van der Waals surface area (Å²) in [6, 6.07) is 8.55. The topological polar surface area (TPSA) is 71.3 Å². The monoisotopic (exact) mass is 412 g/mol. The van der Waals surface area contributed by atoms with Crippen LogP contribution in [0.1, 0.15) is 10.4 Å². The second kappa shape index (κ2) is 8.71. The number of hydrogen-bond donors (Lipinski definition) is 0. The van der Waals surface area contributed by atoms with Crippen molar-refractivity contribution in [3.8, 4) is 35.3 Å². The Hall–Kier alpha value is -3.44. The fraction of sp³-hybridized carbons (Fsp3) is 0.238. The molecule has 0 saturated carbocycles. The number of aromatic nitrogens is 1. The molecule has 0 N–H and O–H groups in total. The first-order chi connectivity index (χ1) is 14.1. The van der Waals surface area contributed by atoms with E-state index in [1.165, 1.54) is 25.6 Å². The Morgan fingerprint density at radius 1 is 1.00 bits per heavy atom. The van der Waals surface area contributed by atoms with Gasteiger partial charge in [-0.25, -0.2) is 0 Å². The molecule has 0 saturated heterocycles. The molecule has 0 fully saturated rings. The lowest BCUT2D eigenvalue weighted by molar-refractivity contribution is 0.0997. The van der Waals surface area contributed by atoms with Crippen molar-refractivity contribution in [2.45, 2.75) is 6.54 Å². The summed E-state index contributed by atoms with van der Waals surface area (Å²) in [5, 5.41) is 0. The molecule has 0 atom stereocenters. The van der Waals surface area contributed by atoms with Crippen LogP contribution in [0.15, 0.2) is 35.3 Å². The third kappa shape index (κ3) is 3.91. The molecule has 0 aliphatic rings. The number of amides is 1. The van der Waals surface area contributed by atoms with Crippen molar-refractivity contribution in [3.63, 3.8) is 0 Å². The molecule has 0 radical (unpaired) electrons. The van der Waals surface area contributed by atoms with Crippen molar-refractivity contribution in [2.24, 2.45) is 4.99 Å². The largest absolute Gasteiger partial charge is 0.493 e. The van der Waals surface area contributed by atoms with E-state index >= 15 is 0 Å². The maximum absolute atomic E-state index is 12.8. The summed E-state index contributed by atoms with van der Waals surface area (Å²) in [5.74, 6) is 4.34. The van der Waals surface area contributed by atoms with E-state index in [4.69, 9.17) is 25.4 Å². The van der Waals surface area contributed by atoms with E-state index < -0.39 is 5.91 Å². The minimum atomic E-state index is -0.415. The van der Waals surface area contributed by atoms with Crippen LogP contribution < -0.4 is 23.7 Å². The summed E-state index contributed by atoms with van der Waals surface area (Å²) in [5.41, 5.74) is 1.19. The van der Waals surface area contributed by atoms with Gasteiger partial charge in [0, 0.05) is 17.7 Å². The van der Waals surface area contributed by atoms with Gasteiger partial charge >= 0.3 is 0 Å².